The van der Waals surface area contributed by atoms with Crippen LogP contribution in [-0.2, 0) is 4.79 Å². The number of nitrogens with one attached hydrogen (secondary N) is 1. The van der Waals surface area contributed by atoms with Crippen LogP contribution in [0.1, 0.15) is 12.8 Å². The Morgan fingerprint density at radius 2 is 2.19 bits per heavy atom. The quantitative estimate of drug-likeness (QED) is 0.759. The van der Waals surface area contributed by atoms with Gasteiger partial charge in [-0.25, -0.2) is 0 Å². The summed E-state index contributed by atoms with van der Waals surface area (Å²) in [6.07, 6.45) is -5.07. The third kappa shape index (κ3) is 4.36. The molecule has 1 heterocycles. The second-order valence-electron chi connectivity index (χ2n) is 3.81. The highest BCUT2D eigenvalue weighted by atomic mass is 19.4. The number of halogens is 3. The fraction of sp³-hybridized carbons (Fsp3) is 0.889. The van der Waals surface area contributed by atoms with Gasteiger partial charge in [0.25, 0.3) is 0 Å². The maximum atomic E-state index is 11.9. The molecule has 16 heavy (non-hydrogen) atoms. The van der Waals surface area contributed by atoms with Gasteiger partial charge in [0, 0.05) is 26.1 Å². The van der Waals surface area contributed by atoms with Crippen molar-refractivity contribution in [3.8, 4) is 0 Å². The van der Waals surface area contributed by atoms with Crippen molar-refractivity contribution in [1.29, 1.82) is 0 Å². The maximum Gasteiger partial charge on any atom is 0.389 e. The molecule has 0 aromatic rings. The Labute approximate surface area is 91.4 Å². The molecule has 1 rings (SSSR count). The fourth-order valence-corrected chi connectivity index (χ4v) is 1.74. The molecule has 1 unspecified atom stereocenters. The summed E-state index contributed by atoms with van der Waals surface area (Å²) in [5, 5.41) is 11.8. The van der Waals surface area contributed by atoms with Crippen molar-refractivity contribution in [2.75, 3.05) is 26.2 Å². The van der Waals surface area contributed by atoms with Crippen LogP contribution in [0.4, 0.5) is 13.2 Å². The molecule has 1 atom stereocenters. The van der Waals surface area contributed by atoms with E-state index in [1.54, 1.807) is 4.90 Å². The summed E-state index contributed by atoms with van der Waals surface area (Å²) in [5.74, 6) is -0.987. The van der Waals surface area contributed by atoms with Crippen LogP contribution in [0, 0.1) is 0 Å². The number of carboxylic acids is 1. The zero-order valence-corrected chi connectivity index (χ0v) is 8.76. The number of carboxylic acid groups (broad SMARTS) is 1. The van der Waals surface area contributed by atoms with E-state index in [2.05, 4.69) is 5.32 Å². The third-order valence-electron chi connectivity index (χ3n) is 2.54. The van der Waals surface area contributed by atoms with Gasteiger partial charge in [0.15, 0.2) is 0 Å². The van der Waals surface area contributed by atoms with E-state index in [0.717, 1.165) is 0 Å². The van der Waals surface area contributed by atoms with Crippen LogP contribution >= 0.6 is 0 Å². The number of piperazine rings is 1. The van der Waals surface area contributed by atoms with Crippen molar-refractivity contribution in [2.24, 2.45) is 0 Å². The van der Waals surface area contributed by atoms with Crippen molar-refractivity contribution in [3.63, 3.8) is 0 Å². The van der Waals surface area contributed by atoms with Gasteiger partial charge in [-0.2, -0.15) is 13.2 Å². The van der Waals surface area contributed by atoms with Crippen molar-refractivity contribution in [3.05, 3.63) is 0 Å². The summed E-state index contributed by atoms with van der Waals surface area (Å²) < 4.78 is 35.8. The van der Waals surface area contributed by atoms with Gasteiger partial charge < -0.3 is 10.4 Å². The SMILES string of the molecule is O=C(O)C1CNCCN1CCCC(F)(F)F. The summed E-state index contributed by atoms with van der Waals surface area (Å²) in [5.41, 5.74) is 0. The average molecular weight is 240 g/mol. The van der Waals surface area contributed by atoms with Crippen molar-refractivity contribution in [1.82, 2.24) is 10.2 Å². The van der Waals surface area contributed by atoms with E-state index in [1.165, 1.54) is 0 Å². The Bertz CT molecular complexity index is 245. The molecule has 7 heteroatoms. The van der Waals surface area contributed by atoms with Crippen LogP contribution < -0.4 is 5.32 Å². The average Bonchev–Trinajstić information content (AvgIpc) is 2.16. The molecule has 2 N–H and O–H groups in total. The first-order valence-electron chi connectivity index (χ1n) is 5.14. The van der Waals surface area contributed by atoms with E-state index >= 15 is 0 Å². The molecule has 0 aromatic heterocycles. The minimum Gasteiger partial charge on any atom is -0.480 e. The number of aliphatic carboxylic acids is 1. The number of hydrogen-bond acceptors (Lipinski definition) is 3. The van der Waals surface area contributed by atoms with Gasteiger partial charge >= 0.3 is 12.1 Å². The van der Waals surface area contributed by atoms with Gasteiger partial charge in [0.1, 0.15) is 6.04 Å². The predicted molar refractivity (Wildman–Crippen MR) is 51.2 cm³/mol. The van der Waals surface area contributed by atoms with Crippen LogP contribution in [0.15, 0.2) is 0 Å². The molecule has 0 amide bonds. The number of rotatable bonds is 4. The Morgan fingerprint density at radius 3 is 2.75 bits per heavy atom. The number of nitrogens with zero attached hydrogens (tertiary/aromatic N) is 1. The van der Waals surface area contributed by atoms with Crippen molar-refractivity contribution in [2.45, 2.75) is 25.1 Å². The first-order chi connectivity index (χ1) is 7.40. The van der Waals surface area contributed by atoms with Crippen LogP contribution in [-0.4, -0.2) is 54.4 Å². The molecular formula is C9H15F3N2O2. The molecule has 1 saturated heterocycles. The number of carbonyl (C=O) groups is 1. The molecule has 0 spiro atoms. The van der Waals surface area contributed by atoms with Crippen LogP contribution in [0.25, 0.3) is 0 Å². The Morgan fingerprint density at radius 1 is 1.50 bits per heavy atom. The van der Waals surface area contributed by atoms with E-state index in [1.807, 2.05) is 0 Å². The predicted octanol–water partition coefficient (Wildman–Crippen LogP) is 0.687. The van der Waals surface area contributed by atoms with Crippen molar-refractivity contribution >= 4 is 5.97 Å². The largest absolute Gasteiger partial charge is 0.480 e. The molecule has 1 aliphatic rings. The molecule has 0 bridgehead atoms. The van der Waals surface area contributed by atoms with Gasteiger partial charge in [0.05, 0.1) is 0 Å². The minimum absolute atomic E-state index is 0.0483. The van der Waals surface area contributed by atoms with E-state index in [0.29, 0.717) is 19.6 Å². The molecular weight excluding hydrogens is 225 g/mol. The zero-order chi connectivity index (χ0) is 12.2. The number of hydrogen-bond donors (Lipinski definition) is 2. The second kappa shape index (κ2) is 5.49. The molecule has 1 aliphatic heterocycles. The van der Waals surface area contributed by atoms with Gasteiger partial charge in [-0.1, -0.05) is 0 Å². The smallest absolute Gasteiger partial charge is 0.389 e. The molecule has 0 radical (unpaired) electrons. The van der Waals surface area contributed by atoms with E-state index in [4.69, 9.17) is 5.11 Å². The lowest BCUT2D eigenvalue weighted by Gasteiger charge is -2.33. The maximum absolute atomic E-state index is 11.9. The Kier molecular flexibility index (Phi) is 4.55. The summed E-state index contributed by atoms with van der Waals surface area (Å²) in [7, 11) is 0. The van der Waals surface area contributed by atoms with Gasteiger partial charge in [-0.15, -0.1) is 0 Å². The summed E-state index contributed by atoms with van der Waals surface area (Å²) in [4.78, 5) is 12.4. The standard InChI is InChI=1S/C9H15F3N2O2/c10-9(11,12)2-1-4-14-5-3-13-6-7(14)8(15)16/h7,13H,1-6H2,(H,15,16). The van der Waals surface area contributed by atoms with E-state index in [-0.39, 0.29) is 13.0 Å². The zero-order valence-electron chi connectivity index (χ0n) is 8.76. The van der Waals surface area contributed by atoms with Crippen LogP contribution in [0.3, 0.4) is 0 Å². The molecule has 94 valence electrons. The molecule has 0 aromatic carbocycles. The van der Waals surface area contributed by atoms with Crippen LogP contribution in [0.2, 0.25) is 0 Å². The first-order valence-corrected chi connectivity index (χ1v) is 5.14. The molecule has 4 nitrogen and oxygen atoms in total. The van der Waals surface area contributed by atoms with Crippen LogP contribution in [0.5, 0.6) is 0 Å². The highest BCUT2D eigenvalue weighted by Crippen LogP contribution is 2.21. The lowest BCUT2D eigenvalue weighted by Crippen LogP contribution is -2.55. The Hall–Kier alpha value is -0.820. The third-order valence-corrected chi connectivity index (χ3v) is 2.54. The molecule has 0 aliphatic carbocycles. The lowest BCUT2D eigenvalue weighted by atomic mass is 10.1. The fourth-order valence-electron chi connectivity index (χ4n) is 1.74. The first kappa shape index (κ1) is 13.2. The molecule has 0 saturated carbocycles. The number of alkyl halides is 3. The second-order valence-corrected chi connectivity index (χ2v) is 3.81. The highest BCUT2D eigenvalue weighted by Gasteiger charge is 2.30. The van der Waals surface area contributed by atoms with E-state index < -0.39 is 24.6 Å². The lowest BCUT2D eigenvalue weighted by molar-refractivity contribution is -0.145. The summed E-state index contributed by atoms with van der Waals surface area (Å²) >= 11 is 0. The van der Waals surface area contributed by atoms with Gasteiger partial charge in [-0.3, -0.25) is 9.69 Å². The summed E-state index contributed by atoms with van der Waals surface area (Å²) in [6, 6.07) is -0.706. The van der Waals surface area contributed by atoms with Gasteiger partial charge in [0.2, 0.25) is 0 Å². The monoisotopic (exact) mass is 240 g/mol. The topological polar surface area (TPSA) is 52.6 Å². The Balaban J connectivity index is 2.36. The highest BCUT2D eigenvalue weighted by molar-refractivity contribution is 5.73. The van der Waals surface area contributed by atoms with Crippen molar-refractivity contribution < 1.29 is 23.1 Å². The van der Waals surface area contributed by atoms with E-state index in [9.17, 15) is 18.0 Å². The molecule has 1 fully saturated rings. The normalized spacial score (nSPS) is 23.3. The minimum atomic E-state index is -4.16. The summed E-state index contributed by atoms with van der Waals surface area (Å²) in [6.45, 7) is 1.57. The van der Waals surface area contributed by atoms with Gasteiger partial charge in [-0.05, 0) is 13.0 Å².